The Morgan fingerprint density at radius 3 is 2.35 bits per heavy atom. The number of urea groups is 1. The molecule has 1 saturated heterocycles. The van der Waals surface area contributed by atoms with E-state index in [-0.39, 0.29) is 17.1 Å². The van der Waals surface area contributed by atoms with Crippen LogP contribution in [0.5, 0.6) is 0 Å². The molecular formula is C26H32N4O. The second-order valence-electron chi connectivity index (χ2n) is 10.5. The van der Waals surface area contributed by atoms with Gasteiger partial charge >= 0.3 is 6.03 Å². The van der Waals surface area contributed by atoms with Crippen molar-refractivity contribution >= 4 is 11.7 Å². The average molecular weight is 417 g/mol. The molecule has 1 spiro atoms. The number of carbonyl (C=O) groups is 1. The fourth-order valence-electron chi connectivity index (χ4n) is 5.87. The Kier molecular flexibility index (Phi) is 4.23. The number of rotatable bonds is 6. The number of hydrogen-bond donors (Lipinski definition) is 0. The third kappa shape index (κ3) is 3.08. The van der Waals surface area contributed by atoms with E-state index < -0.39 is 0 Å². The summed E-state index contributed by atoms with van der Waals surface area (Å²) < 4.78 is 0. The number of anilines is 1. The highest BCUT2D eigenvalue weighted by Crippen LogP contribution is 2.57. The van der Waals surface area contributed by atoms with Crippen molar-refractivity contribution < 1.29 is 4.79 Å². The molecule has 1 aromatic heterocycles. The minimum atomic E-state index is -0.0883. The van der Waals surface area contributed by atoms with Crippen LogP contribution in [-0.4, -0.2) is 53.5 Å². The van der Waals surface area contributed by atoms with E-state index in [9.17, 15) is 4.79 Å². The Morgan fingerprint density at radius 1 is 1.03 bits per heavy atom. The Hall–Kier alpha value is -2.40. The van der Waals surface area contributed by atoms with E-state index in [1.54, 1.807) is 0 Å². The highest BCUT2D eigenvalue weighted by Gasteiger charge is 2.65. The van der Waals surface area contributed by atoms with Crippen LogP contribution in [-0.2, 0) is 5.54 Å². The van der Waals surface area contributed by atoms with Crippen molar-refractivity contribution in [2.45, 2.75) is 55.5 Å². The molecule has 5 heteroatoms. The lowest BCUT2D eigenvalue weighted by Gasteiger charge is -2.60. The summed E-state index contributed by atoms with van der Waals surface area (Å²) >= 11 is 0. The summed E-state index contributed by atoms with van der Waals surface area (Å²) in [6, 6.07) is 15.3. The minimum absolute atomic E-state index is 0.00652. The minimum Gasteiger partial charge on any atom is -0.316 e. The van der Waals surface area contributed by atoms with Crippen LogP contribution >= 0.6 is 0 Å². The van der Waals surface area contributed by atoms with Crippen molar-refractivity contribution in [3.05, 3.63) is 59.9 Å². The number of pyridine rings is 1. The van der Waals surface area contributed by atoms with Gasteiger partial charge in [-0.15, -0.1) is 0 Å². The zero-order valence-electron chi connectivity index (χ0n) is 18.6. The van der Waals surface area contributed by atoms with Gasteiger partial charge in [-0.1, -0.05) is 30.3 Å². The number of carbonyl (C=O) groups excluding carboxylic acids is 1. The monoisotopic (exact) mass is 416 g/mol. The number of benzene rings is 1. The quantitative estimate of drug-likeness (QED) is 0.691. The van der Waals surface area contributed by atoms with Gasteiger partial charge in [0.25, 0.3) is 0 Å². The maximum absolute atomic E-state index is 13.6. The Morgan fingerprint density at radius 2 is 1.77 bits per heavy atom. The van der Waals surface area contributed by atoms with Crippen molar-refractivity contribution in [3.63, 3.8) is 0 Å². The van der Waals surface area contributed by atoms with E-state index in [0.29, 0.717) is 11.8 Å². The highest BCUT2D eigenvalue weighted by atomic mass is 16.2. The summed E-state index contributed by atoms with van der Waals surface area (Å²) in [5.41, 5.74) is 3.40. The van der Waals surface area contributed by atoms with Crippen molar-refractivity contribution in [2.24, 2.45) is 5.92 Å². The Balaban J connectivity index is 1.31. The first kappa shape index (κ1) is 19.3. The Labute approximate surface area is 185 Å². The van der Waals surface area contributed by atoms with E-state index in [2.05, 4.69) is 66.4 Å². The van der Waals surface area contributed by atoms with Crippen LogP contribution in [0.4, 0.5) is 10.5 Å². The maximum atomic E-state index is 13.6. The summed E-state index contributed by atoms with van der Waals surface area (Å²) in [6.07, 6.45) is 8.91. The molecule has 0 bridgehead atoms. The molecule has 0 atom stereocenters. The fraction of sp³-hybridized carbons (Fsp3) is 0.538. The molecular weight excluding hydrogens is 384 g/mol. The van der Waals surface area contributed by atoms with Crippen LogP contribution < -0.4 is 4.90 Å². The third-order valence-corrected chi connectivity index (χ3v) is 8.11. The van der Waals surface area contributed by atoms with E-state index in [0.717, 1.165) is 31.6 Å². The molecule has 0 N–H and O–H groups in total. The SMILES string of the molecule is CN(C)[C@]1(c2ccccc2)C[C@@]2(CN(c3ccc(C4CC4)nc3)C(=O)N2CC2CC2)C1. The van der Waals surface area contributed by atoms with Crippen LogP contribution in [0.25, 0.3) is 0 Å². The van der Waals surface area contributed by atoms with Crippen molar-refractivity contribution in [1.29, 1.82) is 0 Å². The predicted octanol–water partition coefficient (Wildman–Crippen LogP) is 4.60. The number of nitrogens with zero attached hydrogens (tertiary/aromatic N) is 4. The number of amides is 2. The summed E-state index contributed by atoms with van der Waals surface area (Å²) in [5, 5.41) is 0. The van der Waals surface area contributed by atoms with Crippen LogP contribution in [0, 0.1) is 5.92 Å². The molecule has 2 aromatic rings. The molecule has 31 heavy (non-hydrogen) atoms. The molecule has 3 aliphatic carbocycles. The van der Waals surface area contributed by atoms with Crippen LogP contribution in [0.1, 0.15) is 55.7 Å². The topological polar surface area (TPSA) is 39.7 Å². The van der Waals surface area contributed by atoms with Gasteiger partial charge in [0.05, 0.1) is 29.5 Å². The molecule has 1 aromatic carbocycles. The van der Waals surface area contributed by atoms with Gasteiger partial charge < -0.3 is 4.90 Å². The number of hydrogen-bond acceptors (Lipinski definition) is 3. The average Bonchev–Trinajstić information content (AvgIpc) is 3.67. The first-order chi connectivity index (χ1) is 15.0. The van der Waals surface area contributed by atoms with Crippen molar-refractivity contribution in [2.75, 3.05) is 32.1 Å². The highest BCUT2D eigenvalue weighted by molar-refractivity contribution is 5.95. The van der Waals surface area contributed by atoms with Gasteiger partial charge in [0.2, 0.25) is 0 Å². The fourth-order valence-corrected chi connectivity index (χ4v) is 5.87. The number of aromatic nitrogens is 1. The van der Waals surface area contributed by atoms with Gasteiger partial charge in [-0.25, -0.2) is 4.79 Å². The summed E-state index contributed by atoms with van der Waals surface area (Å²) in [6.45, 7) is 1.67. The van der Waals surface area contributed by atoms with Crippen LogP contribution in [0.2, 0.25) is 0 Å². The summed E-state index contributed by atoms with van der Waals surface area (Å²) in [7, 11) is 4.36. The first-order valence-corrected chi connectivity index (χ1v) is 11.8. The molecule has 3 saturated carbocycles. The lowest BCUT2D eigenvalue weighted by molar-refractivity contribution is -0.0680. The zero-order valence-corrected chi connectivity index (χ0v) is 18.6. The van der Waals surface area contributed by atoms with E-state index in [1.807, 2.05) is 11.1 Å². The first-order valence-electron chi connectivity index (χ1n) is 11.8. The molecule has 162 valence electrons. The maximum Gasteiger partial charge on any atom is 0.325 e. The molecule has 4 fully saturated rings. The van der Waals surface area contributed by atoms with Crippen molar-refractivity contribution in [3.8, 4) is 0 Å². The molecule has 6 rings (SSSR count). The molecule has 1 aliphatic heterocycles. The van der Waals surface area contributed by atoms with E-state index >= 15 is 0 Å². The molecule has 2 amide bonds. The smallest absolute Gasteiger partial charge is 0.316 e. The van der Waals surface area contributed by atoms with Gasteiger partial charge in [0, 0.05) is 18.2 Å². The van der Waals surface area contributed by atoms with E-state index in [4.69, 9.17) is 4.98 Å². The largest absolute Gasteiger partial charge is 0.325 e. The van der Waals surface area contributed by atoms with E-state index in [1.165, 1.54) is 36.9 Å². The van der Waals surface area contributed by atoms with Gasteiger partial charge in [-0.2, -0.15) is 0 Å². The third-order valence-electron chi connectivity index (χ3n) is 8.11. The molecule has 4 aliphatic rings. The van der Waals surface area contributed by atoms with Crippen molar-refractivity contribution in [1.82, 2.24) is 14.8 Å². The van der Waals surface area contributed by atoms with Crippen LogP contribution in [0.3, 0.4) is 0 Å². The molecule has 2 heterocycles. The standard InChI is InChI=1S/C26H32N4O/c1-28(2)26(21-6-4-3-5-7-21)16-25(17-26)18-29(24(31)30(25)15-19-8-9-19)22-12-13-23(27-14-22)20-10-11-20/h3-7,12-14,19-20H,8-11,15-18H2,1-2H3/t25-,26+. The predicted molar refractivity (Wildman–Crippen MR) is 122 cm³/mol. The lowest BCUT2D eigenvalue weighted by Crippen LogP contribution is -2.67. The second-order valence-corrected chi connectivity index (χ2v) is 10.5. The van der Waals surface area contributed by atoms with Crippen LogP contribution in [0.15, 0.2) is 48.7 Å². The lowest BCUT2D eigenvalue weighted by atomic mass is 9.58. The molecule has 5 nitrogen and oxygen atoms in total. The molecule has 0 radical (unpaired) electrons. The van der Waals surface area contributed by atoms with Gasteiger partial charge in [-0.3, -0.25) is 14.8 Å². The molecule has 0 unspecified atom stereocenters. The zero-order chi connectivity index (χ0) is 21.2. The second kappa shape index (κ2) is 6.80. The Bertz CT molecular complexity index is 972. The van der Waals surface area contributed by atoms with Gasteiger partial charge in [0.1, 0.15) is 0 Å². The normalized spacial score (nSPS) is 30.4. The van der Waals surface area contributed by atoms with Gasteiger partial charge in [-0.05, 0) is 76.2 Å². The summed E-state index contributed by atoms with van der Waals surface area (Å²) in [5.74, 6) is 1.32. The summed E-state index contributed by atoms with van der Waals surface area (Å²) in [4.78, 5) is 24.9. The van der Waals surface area contributed by atoms with Gasteiger partial charge in [0.15, 0.2) is 0 Å².